The highest BCUT2D eigenvalue weighted by Gasteiger charge is 2.19. The van der Waals surface area contributed by atoms with E-state index < -0.39 is 23.1 Å². The lowest BCUT2D eigenvalue weighted by molar-refractivity contribution is -0.115. The SMILES string of the molecule is CCOc1ccn(-c2ccc(F)cc2)c(=O)c1CC(=O)Nc1ccc(Oc2ccnc3[nH]cc(-c4ccc(OC)c(OC)c4)c23)c(F)c1. The first-order valence-corrected chi connectivity index (χ1v) is 14.9. The molecule has 0 saturated carbocycles. The Morgan fingerprint density at radius 1 is 0.896 bits per heavy atom. The molecule has 0 fully saturated rings. The lowest BCUT2D eigenvalue weighted by Crippen LogP contribution is -2.26. The molecule has 3 heterocycles. The number of nitrogens with one attached hydrogen (secondary N) is 2. The van der Waals surface area contributed by atoms with Crippen LogP contribution < -0.4 is 29.8 Å². The van der Waals surface area contributed by atoms with Crippen molar-refractivity contribution in [2.45, 2.75) is 13.3 Å². The summed E-state index contributed by atoms with van der Waals surface area (Å²) in [5, 5.41) is 3.26. The molecule has 244 valence electrons. The van der Waals surface area contributed by atoms with E-state index in [0.717, 1.165) is 17.2 Å². The zero-order valence-electron chi connectivity index (χ0n) is 26.2. The fraction of sp³-hybridized carbons (Fsp3) is 0.139. The van der Waals surface area contributed by atoms with Crippen LogP contribution in [0, 0.1) is 11.6 Å². The highest BCUT2D eigenvalue weighted by Crippen LogP contribution is 2.40. The first kappa shape index (κ1) is 31.8. The maximum Gasteiger partial charge on any atom is 0.262 e. The maximum atomic E-state index is 15.4. The number of nitrogens with zero attached hydrogens (tertiary/aromatic N) is 2. The molecule has 1 amide bonds. The second-order valence-corrected chi connectivity index (χ2v) is 10.5. The van der Waals surface area contributed by atoms with Crippen LogP contribution in [0.5, 0.6) is 28.7 Å². The van der Waals surface area contributed by atoms with Crippen LogP contribution in [0.1, 0.15) is 12.5 Å². The van der Waals surface area contributed by atoms with Gasteiger partial charge in [-0.1, -0.05) is 6.07 Å². The van der Waals surface area contributed by atoms with E-state index in [1.807, 2.05) is 12.1 Å². The molecule has 0 aliphatic rings. The molecule has 0 aliphatic heterocycles. The molecule has 0 saturated heterocycles. The number of carbonyl (C=O) groups is 1. The van der Waals surface area contributed by atoms with Crippen molar-refractivity contribution in [2.24, 2.45) is 0 Å². The predicted molar refractivity (Wildman–Crippen MR) is 177 cm³/mol. The van der Waals surface area contributed by atoms with Crippen molar-refractivity contribution < 1.29 is 32.5 Å². The van der Waals surface area contributed by atoms with E-state index in [0.29, 0.717) is 34.0 Å². The van der Waals surface area contributed by atoms with Gasteiger partial charge in [0.15, 0.2) is 23.1 Å². The van der Waals surface area contributed by atoms with E-state index >= 15 is 4.39 Å². The number of ether oxygens (including phenoxy) is 4. The van der Waals surface area contributed by atoms with Gasteiger partial charge in [-0.05, 0) is 73.2 Å². The van der Waals surface area contributed by atoms with Gasteiger partial charge in [-0.2, -0.15) is 0 Å². The van der Waals surface area contributed by atoms with Crippen molar-refractivity contribution in [3.05, 3.63) is 119 Å². The maximum absolute atomic E-state index is 15.4. The van der Waals surface area contributed by atoms with Crippen LogP contribution in [0.15, 0.2) is 96.2 Å². The number of hydrogen-bond acceptors (Lipinski definition) is 7. The Balaban J connectivity index is 1.23. The van der Waals surface area contributed by atoms with Gasteiger partial charge >= 0.3 is 0 Å². The first-order chi connectivity index (χ1) is 23.3. The molecule has 0 aliphatic carbocycles. The van der Waals surface area contributed by atoms with Crippen LogP contribution >= 0.6 is 0 Å². The third-order valence-corrected chi connectivity index (χ3v) is 7.56. The minimum Gasteiger partial charge on any atom is -0.493 e. The molecule has 0 spiro atoms. The summed E-state index contributed by atoms with van der Waals surface area (Å²) < 4.78 is 52.6. The molecule has 6 aromatic rings. The fourth-order valence-electron chi connectivity index (χ4n) is 5.31. The summed E-state index contributed by atoms with van der Waals surface area (Å²) in [6.07, 6.45) is 4.47. The quantitative estimate of drug-likeness (QED) is 0.154. The third kappa shape index (κ3) is 6.41. The van der Waals surface area contributed by atoms with E-state index in [4.69, 9.17) is 18.9 Å². The minimum atomic E-state index is -0.727. The van der Waals surface area contributed by atoms with Gasteiger partial charge in [0.2, 0.25) is 5.91 Å². The number of rotatable bonds is 11. The van der Waals surface area contributed by atoms with Crippen LogP contribution in [0.3, 0.4) is 0 Å². The normalized spacial score (nSPS) is 10.9. The minimum absolute atomic E-state index is 0.0798. The number of aromatic nitrogens is 3. The number of amides is 1. The number of halogens is 2. The molecule has 10 nitrogen and oxygen atoms in total. The summed E-state index contributed by atoms with van der Waals surface area (Å²) in [6, 6.07) is 18.1. The third-order valence-electron chi connectivity index (χ3n) is 7.56. The van der Waals surface area contributed by atoms with E-state index in [9.17, 15) is 14.0 Å². The van der Waals surface area contributed by atoms with Crippen molar-refractivity contribution in [2.75, 3.05) is 26.1 Å². The van der Waals surface area contributed by atoms with E-state index in [1.165, 1.54) is 47.2 Å². The fourth-order valence-corrected chi connectivity index (χ4v) is 5.31. The Morgan fingerprint density at radius 3 is 2.40 bits per heavy atom. The number of carbonyl (C=O) groups excluding carboxylic acids is 1. The second kappa shape index (κ2) is 13.7. The Labute approximate surface area is 273 Å². The van der Waals surface area contributed by atoms with Gasteiger partial charge in [-0.15, -0.1) is 0 Å². The van der Waals surface area contributed by atoms with Crippen LogP contribution in [0.4, 0.5) is 14.5 Å². The van der Waals surface area contributed by atoms with Gasteiger partial charge in [0.05, 0.1) is 38.2 Å². The van der Waals surface area contributed by atoms with Crippen molar-refractivity contribution in [3.8, 4) is 45.6 Å². The average molecular weight is 653 g/mol. The Morgan fingerprint density at radius 2 is 1.67 bits per heavy atom. The van der Waals surface area contributed by atoms with E-state index in [1.54, 1.807) is 51.7 Å². The number of H-pyrrole nitrogens is 1. The van der Waals surface area contributed by atoms with Gasteiger partial charge in [-0.3, -0.25) is 14.2 Å². The first-order valence-electron chi connectivity index (χ1n) is 14.9. The number of hydrogen-bond donors (Lipinski definition) is 2. The molecule has 2 N–H and O–H groups in total. The van der Waals surface area contributed by atoms with E-state index in [-0.39, 0.29) is 35.8 Å². The lowest BCUT2D eigenvalue weighted by Gasteiger charge is -2.14. The number of anilines is 1. The largest absolute Gasteiger partial charge is 0.493 e. The Hall–Kier alpha value is -6.17. The highest BCUT2D eigenvalue weighted by molar-refractivity contribution is 5.98. The van der Waals surface area contributed by atoms with Crippen molar-refractivity contribution in [1.29, 1.82) is 0 Å². The standard InChI is InChI=1S/C36H30F2N4O6/c1-4-47-28-14-16-42(24-9-6-22(37)7-10-24)36(44)25(28)19-33(43)41-23-8-12-29(27(38)18-23)48-31-13-15-39-35-34(31)26(20-40-35)21-5-11-30(45-2)32(17-21)46-3/h5-18,20H,4,19H2,1-3H3,(H,39,40)(H,41,43). The van der Waals surface area contributed by atoms with E-state index in [2.05, 4.69) is 15.3 Å². The van der Waals surface area contributed by atoms with Gasteiger partial charge < -0.3 is 29.2 Å². The van der Waals surface area contributed by atoms with Gasteiger partial charge in [0, 0.05) is 41.6 Å². The molecular formula is C36H30F2N4O6. The summed E-state index contributed by atoms with van der Waals surface area (Å²) in [5.41, 5.74) is 2.26. The Kier molecular flexibility index (Phi) is 9.06. The van der Waals surface area contributed by atoms with Crippen LogP contribution in [-0.4, -0.2) is 41.3 Å². The summed E-state index contributed by atoms with van der Waals surface area (Å²) in [5.74, 6) is -0.110. The summed E-state index contributed by atoms with van der Waals surface area (Å²) in [6.45, 7) is 2.02. The predicted octanol–water partition coefficient (Wildman–Crippen LogP) is 7.05. The highest BCUT2D eigenvalue weighted by atomic mass is 19.1. The lowest BCUT2D eigenvalue weighted by atomic mass is 10.0. The molecule has 48 heavy (non-hydrogen) atoms. The zero-order chi connectivity index (χ0) is 33.8. The zero-order valence-corrected chi connectivity index (χ0v) is 26.2. The number of pyridine rings is 2. The van der Waals surface area contributed by atoms with Gasteiger partial charge in [-0.25, -0.2) is 13.8 Å². The number of benzene rings is 3. The average Bonchev–Trinajstić information content (AvgIpc) is 3.53. The molecule has 0 atom stereocenters. The summed E-state index contributed by atoms with van der Waals surface area (Å²) >= 11 is 0. The molecular weight excluding hydrogens is 622 g/mol. The summed E-state index contributed by atoms with van der Waals surface area (Å²) in [4.78, 5) is 34.0. The summed E-state index contributed by atoms with van der Waals surface area (Å²) in [7, 11) is 3.10. The number of fused-ring (bicyclic) bond motifs is 1. The van der Waals surface area contributed by atoms with Crippen molar-refractivity contribution in [1.82, 2.24) is 14.5 Å². The Bertz CT molecular complexity index is 2180. The van der Waals surface area contributed by atoms with Crippen LogP contribution in [-0.2, 0) is 11.2 Å². The molecule has 0 bridgehead atoms. The van der Waals surface area contributed by atoms with Gasteiger partial charge in [0.25, 0.3) is 5.56 Å². The van der Waals surface area contributed by atoms with Crippen molar-refractivity contribution >= 4 is 22.6 Å². The monoisotopic (exact) mass is 652 g/mol. The van der Waals surface area contributed by atoms with Crippen LogP contribution in [0.25, 0.3) is 27.8 Å². The van der Waals surface area contributed by atoms with Crippen LogP contribution in [0.2, 0.25) is 0 Å². The molecule has 3 aromatic heterocycles. The molecule has 3 aromatic carbocycles. The second-order valence-electron chi connectivity index (χ2n) is 10.5. The van der Waals surface area contributed by atoms with Gasteiger partial charge in [0.1, 0.15) is 23.0 Å². The number of methoxy groups -OCH3 is 2. The molecule has 6 rings (SSSR count). The number of aromatic amines is 1. The molecule has 12 heteroatoms. The topological polar surface area (TPSA) is 117 Å². The van der Waals surface area contributed by atoms with Crippen molar-refractivity contribution in [3.63, 3.8) is 0 Å². The molecule has 0 unspecified atom stereocenters. The smallest absolute Gasteiger partial charge is 0.262 e. The molecule has 0 radical (unpaired) electrons.